The molecule has 0 atom stereocenters. The summed E-state index contributed by atoms with van der Waals surface area (Å²) in [6.45, 7) is 7.93. The van der Waals surface area contributed by atoms with Gasteiger partial charge in [-0.25, -0.2) is 4.79 Å². The molecule has 130 valence electrons. The van der Waals surface area contributed by atoms with Gasteiger partial charge in [-0.15, -0.1) is 0 Å². The van der Waals surface area contributed by atoms with Crippen molar-refractivity contribution in [3.63, 3.8) is 0 Å². The molecule has 0 bridgehead atoms. The Hall–Kier alpha value is -2.31. The molecule has 0 aromatic heterocycles. The Morgan fingerprint density at radius 1 is 0.826 bits per heavy atom. The van der Waals surface area contributed by atoms with E-state index >= 15 is 0 Å². The maximum Gasteiger partial charge on any atom is 0.346 e. The SMILES string of the molecule is CCCOC(=O)c1c(O)c(O)c(OCC)c(OCC)c1OCC. The molecule has 0 saturated carbocycles. The molecule has 1 rings (SSSR count). The summed E-state index contributed by atoms with van der Waals surface area (Å²) in [7, 11) is 0. The van der Waals surface area contributed by atoms with Crippen molar-refractivity contribution >= 4 is 5.97 Å². The predicted molar refractivity (Wildman–Crippen MR) is 83.9 cm³/mol. The van der Waals surface area contributed by atoms with Crippen molar-refractivity contribution in [2.75, 3.05) is 26.4 Å². The van der Waals surface area contributed by atoms with Crippen molar-refractivity contribution in [3.05, 3.63) is 5.56 Å². The van der Waals surface area contributed by atoms with E-state index in [1.165, 1.54) is 0 Å². The van der Waals surface area contributed by atoms with Crippen LogP contribution in [-0.4, -0.2) is 42.6 Å². The highest BCUT2D eigenvalue weighted by molar-refractivity contribution is 5.99. The molecule has 2 N–H and O–H groups in total. The second kappa shape index (κ2) is 8.97. The molecule has 0 spiro atoms. The minimum Gasteiger partial charge on any atom is -0.503 e. The summed E-state index contributed by atoms with van der Waals surface area (Å²) >= 11 is 0. The summed E-state index contributed by atoms with van der Waals surface area (Å²) in [4.78, 5) is 12.2. The normalized spacial score (nSPS) is 10.3. The minimum atomic E-state index is -0.799. The Balaban J connectivity index is 3.56. The lowest BCUT2D eigenvalue weighted by atomic mass is 10.1. The minimum absolute atomic E-state index is 0.00537. The molecule has 7 heteroatoms. The van der Waals surface area contributed by atoms with Crippen LogP contribution in [0.3, 0.4) is 0 Å². The van der Waals surface area contributed by atoms with Crippen LogP contribution in [0.4, 0.5) is 0 Å². The van der Waals surface area contributed by atoms with E-state index in [2.05, 4.69) is 0 Å². The average molecular weight is 328 g/mol. The number of esters is 1. The molecule has 0 aliphatic carbocycles. The summed E-state index contributed by atoms with van der Waals surface area (Å²) in [6.07, 6.45) is 0.623. The van der Waals surface area contributed by atoms with Gasteiger partial charge < -0.3 is 29.2 Å². The van der Waals surface area contributed by atoms with Crippen molar-refractivity contribution in [1.82, 2.24) is 0 Å². The molecule has 23 heavy (non-hydrogen) atoms. The number of carbonyl (C=O) groups excluding carboxylic acids is 1. The van der Waals surface area contributed by atoms with Crippen molar-refractivity contribution in [2.24, 2.45) is 0 Å². The number of phenolic OH excluding ortho intramolecular Hbond substituents is 2. The molecule has 0 radical (unpaired) electrons. The van der Waals surface area contributed by atoms with E-state index in [0.29, 0.717) is 6.42 Å². The molecule has 0 heterocycles. The lowest BCUT2D eigenvalue weighted by Crippen LogP contribution is -2.12. The maximum absolute atomic E-state index is 12.2. The van der Waals surface area contributed by atoms with Gasteiger partial charge in [-0.2, -0.15) is 0 Å². The molecular formula is C16H24O7. The number of hydrogen-bond acceptors (Lipinski definition) is 7. The smallest absolute Gasteiger partial charge is 0.346 e. The molecule has 0 amide bonds. The van der Waals surface area contributed by atoms with Gasteiger partial charge in [0.05, 0.1) is 26.4 Å². The first-order valence-corrected chi connectivity index (χ1v) is 7.70. The third-order valence-electron chi connectivity index (χ3n) is 2.82. The lowest BCUT2D eigenvalue weighted by molar-refractivity contribution is 0.0495. The number of carbonyl (C=O) groups is 1. The Kier molecular flexibility index (Phi) is 7.31. The largest absolute Gasteiger partial charge is 0.503 e. The highest BCUT2D eigenvalue weighted by Gasteiger charge is 2.32. The fourth-order valence-corrected chi connectivity index (χ4v) is 1.95. The van der Waals surface area contributed by atoms with Crippen LogP contribution in [0.25, 0.3) is 0 Å². The topological polar surface area (TPSA) is 94.5 Å². The summed E-state index contributed by atoms with van der Waals surface area (Å²) in [5.41, 5.74) is -0.273. The van der Waals surface area contributed by atoms with Gasteiger partial charge in [-0.3, -0.25) is 0 Å². The van der Waals surface area contributed by atoms with Gasteiger partial charge in [0.25, 0.3) is 0 Å². The van der Waals surface area contributed by atoms with E-state index < -0.39 is 17.5 Å². The van der Waals surface area contributed by atoms with Crippen molar-refractivity contribution in [3.8, 4) is 28.7 Å². The highest BCUT2D eigenvalue weighted by Crippen LogP contribution is 2.53. The number of ether oxygens (including phenoxy) is 4. The second-order valence-corrected chi connectivity index (χ2v) is 4.49. The van der Waals surface area contributed by atoms with Crippen LogP contribution in [0.1, 0.15) is 44.5 Å². The number of rotatable bonds is 9. The van der Waals surface area contributed by atoms with E-state index in [4.69, 9.17) is 18.9 Å². The third kappa shape index (κ3) is 4.12. The zero-order valence-corrected chi connectivity index (χ0v) is 14.0. The van der Waals surface area contributed by atoms with Gasteiger partial charge in [-0.05, 0) is 27.2 Å². The van der Waals surface area contributed by atoms with Crippen LogP contribution in [0, 0.1) is 0 Å². The van der Waals surface area contributed by atoms with Gasteiger partial charge >= 0.3 is 5.97 Å². The summed E-state index contributed by atoms with van der Waals surface area (Å²) in [5.74, 6) is -2.04. The van der Waals surface area contributed by atoms with Crippen LogP contribution in [0.5, 0.6) is 28.7 Å². The fourth-order valence-electron chi connectivity index (χ4n) is 1.95. The van der Waals surface area contributed by atoms with Crippen LogP contribution in [0.2, 0.25) is 0 Å². The highest BCUT2D eigenvalue weighted by atomic mass is 16.6. The van der Waals surface area contributed by atoms with Crippen LogP contribution in [0.15, 0.2) is 0 Å². The predicted octanol–water partition coefficient (Wildman–Crippen LogP) is 2.86. The Labute approximate surface area is 135 Å². The molecule has 0 unspecified atom stereocenters. The van der Waals surface area contributed by atoms with Gasteiger partial charge in [0.2, 0.25) is 17.2 Å². The first kappa shape index (κ1) is 18.7. The standard InChI is InChI=1S/C16H24O7/c1-5-9-23-16(19)10-11(17)12(18)14(21-7-3)15(22-8-4)13(10)20-6-2/h17-18H,5-9H2,1-4H3. The van der Waals surface area contributed by atoms with Crippen LogP contribution in [-0.2, 0) is 4.74 Å². The summed E-state index contributed by atoms with van der Waals surface area (Å²) in [5, 5.41) is 20.4. The van der Waals surface area contributed by atoms with E-state index in [1.54, 1.807) is 20.8 Å². The Morgan fingerprint density at radius 3 is 1.87 bits per heavy atom. The van der Waals surface area contributed by atoms with E-state index in [1.807, 2.05) is 6.92 Å². The first-order valence-electron chi connectivity index (χ1n) is 7.70. The summed E-state index contributed by atoms with van der Waals surface area (Å²) < 4.78 is 21.3. The van der Waals surface area contributed by atoms with Crippen molar-refractivity contribution in [2.45, 2.75) is 34.1 Å². The van der Waals surface area contributed by atoms with Crippen LogP contribution >= 0.6 is 0 Å². The zero-order valence-electron chi connectivity index (χ0n) is 14.0. The lowest BCUT2D eigenvalue weighted by Gasteiger charge is -2.20. The van der Waals surface area contributed by atoms with Crippen molar-refractivity contribution < 1.29 is 34.0 Å². The Morgan fingerprint density at radius 2 is 1.35 bits per heavy atom. The van der Waals surface area contributed by atoms with E-state index in [0.717, 1.165) is 0 Å². The van der Waals surface area contributed by atoms with Crippen LogP contribution < -0.4 is 14.2 Å². The summed E-state index contributed by atoms with van der Waals surface area (Å²) in [6, 6.07) is 0. The second-order valence-electron chi connectivity index (χ2n) is 4.49. The fraction of sp³-hybridized carbons (Fsp3) is 0.562. The van der Waals surface area contributed by atoms with Crippen molar-refractivity contribution in [1.29, 1.82) is 0 Å². The Bertz CT molecular complexity index is 540. The molecule has 0 aliphatic heterocycles. The van der Waals surface area contributed by atoms with E-state index in [-0.39, 0.29) is 49.2 Å². The monoisotopic (exact) mass is 328 g/mol. The number of benzene rings is 1. The molecule has 1 aromatic rings. The van der Waals surface area contributed by atoms with E-state index in [9.17, 15) is 15.0 Å². The quantitative estimate of drug-likeness (QED) is 0.531. The van der Waals surface area contributed by atoms with Gasteiger partial charge in [0, 0.05) is 0 Å². The number of phenols is 2. The number of aromatic hydroxyl groups is 2. The first-order chi connectivity index (χ1) is 11.0. The third-order valence-corrected chi connectivity index (χ3v) is 2.82. The van der Waals surface area contributed by atoms with Gasteiger partial charge in [0.15, 0.2) is 17.1 Å². The molecular weight excluding hydrogens is 304 g/mol. The van der Waals surface area contributed by atoms with Gasteiger partial charge in [-0.1, -0.05) is 6.92 Å². The zero-order chi connectivity index (χ0) is 17.4. The molecule has 1 aromatic carbocycles. The molecule has 0 aliphatic rings. The molecule has 0 fully saturated rings. The van der Waals surface area contributed by atoms with Gasteiger partial charge in [0.1, 0.15) is 0 Å². The average Bonchev–Trinajstić information content (AvgIpc) is 2.53. The molecule has 7 nitrogen and oxygen atoms in total. The maximum atomic E-state index is 12.2. The molecule has 0 saturated heterocycles. The number of hydrogen-bond donors (Lipinski definition) is 2.